The lowest BCUT2D eigenvalue weighted by atomic mass is 9.89. The summed E-state index contributed by atoms with van der Waals surface area (Å²) in [5.74, 6) is 1.12. The van der Waals surface area contributed by atoms with Crippen molar-refractivity contribution in [2.45, 2.75) is 84.1 Å². The van der Waals surface area contributed by atoms with Gasteiger partial charge in [-0.3, -0.25) is 4.99 Å². The predicted molar refractivity (Wildman–Crippen MR) is 111 cm³/mol. The van der Waals surface area contributed by atoms with Gasteiger partial charge in [-0.05, 0) is 54.9 Å². The minimum atomic E-state index is 0.516. The number of hydrogen-bond donors (Lipinski definition) is 1. The van der Waals surface area contributed by atoms with E-state index in [-0.39, 0.29) is 0 Å². The number of amidine groups is 1. The summed E-state index contributed by atoms with van der Waals surface area (Å²) >= 11 is 1.75. The molecular weight excluding hydrogens is 312 g/mol. The van der Waals surface area contributed by atoms with Gasteiger partial charge in [0.15, 0.2) is 5.17 Å². The third-order valence-corrected chi connectivity index (χ3v) is 6.06. The van der Waals surface area contributed by atoms with Gasteiger partial charge in [0.1, 0.15) is 0 Å². The third-order valence-electron chi connectivity index (χ3n) is 5.47. The van der Waals surface area contributed by atoms with Crippen molar-refractivity contribution in [3.05, 3.63) is 29.3 Å². The van der Waals surface area contributed by atoms with E-state index in [1.54, 1.807) is 11.8 Å². The van der Waals surface area contributed by atoms with Crippen molar-refractivity contribution in [1.82, 2.24) is 0 Å². The van der Waals surface area contributed by atoms with Crippen LogP contribution in [-0.4, -0.2) is 17.5 Å². The molecule has 134 valence electrons. The SMILES string of the molecule is CCC(C)c1cccc(C(C)CC)c1NC(=NC1CCCC1)SC. The van der Waals surface area contributed by atoms with Crippen molar-refractivity contribution in [3.63, 3.8) is 0 Å². The molecule has 0 heterocycles. The molecule has 1 aromatic carbocycles. The van der Waals surface area contributed by atoms with E-state index >= 15 is 0 Å². The average molecular weight is 347 g/mol. The highest BCUT2D eigenvalue weighted by atomic mass is 32.2. The van der Waals surface area contributed by atoms with Crippen LogP contribution in [0.4, 0.5) is 5.69 Å². The van der Waals surface area contributed by atoms with Crippen molar-refractivity contribution in [2.75, 3.05) is 11.6 Å². The zero-order valence-electron chi connectivity index (χ0n) is 16.1. The number of aliphatic imine (C=N–C) groups is 1. The first-order valence-corrected chi connectivity index (χ1v) is 10.8. The van der Waals surface area contributed by atoms with Gasteiger partial charge in [-0.25, -0.2) is 0 Å². The minimum Gasteiger partial charge on any atom is -0.335 e. The molecule has 1 aliphatic carbocycles. The van der Waals surface area contributed by atoms with Crippen molar-refractivity contribution in [1.29, 1.82) is 0 Å². The molecule has 2 nitrogen and oxygen atoms in total. The molecule has 0 saturated heterocycles. The first-order valence-electron chi connectivity index (χ1n) is 9.62. The Kier molecular flexibility index (Phi) is 7.67. The maximum atomic E-state index is 5.01. The largest absolute Gasteiger partial charge is 0.335 e. The number of thioether (sulfide) groups is 1. The van der Waals surface area contributed by atoms with Crippen molar-refractivity contribution in [2.24, 2.45) is 4.99 Å². The number of para-hydroxylation sites is 1. The molecule has 0 amide bonds. The van der Waals surface area contributed by atoms with Crippen LogP contribution in [0, 0.1) is 0 Å². The van der Waals surface area contributed by atoms with E-state index in [1.165, 1.54) is 42.5 Å². The summed E-state index contributed by atoms with van der Waals surface area (Å²) in [4.78, 5) is 5.01. The second-order valence-electron chi connectivity index (χ2n) is 7.13. The molecule has 1 fully saturated rings. The fraction of sp³-hybridized carbons (Fsp3) is 0.667. The smallest absolute Gasteiger partial charge is 0.161 e. The highest BCUT2D eigenvalue weighted by Gasteiger charge is 2.19. The van der Waals surface area contributed by atoms with Gasteiger partial charge in [0, 0.05) is 5.69 Å². The van der Waals surface area contributed by atoms with E-state index in [1.807, 2.05) is 0 Å². The monoisotopic (exact) mass is 346 g/mol. The average Bonchev–Trinajstić information content (AvgIpc) is 3.12. The molecule has 0 aliphatic heterocycles. The second-order valence-corrected chi connectivity index (χ2v) is 7.93. The number of hydrogen-bond acceptors (Lipinski definition) is 2. The lowest BCUT2D eigenvalue weighted by Gasteiger charge is -2.23. The van der Waals surface area contributed by atoms with Crippen LogP contribution in [-0.2, 0) is 0 Å². The second kappa shape index (κ2) is 9.50. The van der Waals surface area contributed by atoms with E-state index in [0.717, 1.165) is 18.0 Å². The van der Waals surface area contributed by atoms with E-state index in [9.17, 15) is 0 Å². The first kappa shape index (κ1) is 19.4. The first-order chi connectivity index (χ1) is 11.6. The Balaban J connectivity index is 2.37. The summed E-state index contributed by atoms with van der Waals surface area (Å²) < 4.78 is 0. The van der Waals surface area contributed by atoms with Crippen LogP contribution < -0.4 is 5.32 Å². The van der Waals surface area contributed by atoms with E-state index in [0.29, 0.717) is 17.9 Å². The Morgan fingerprint density at radius 3 is 2.12 bits per heavy atom. The number of anilines is 1. The van der Waals surface area contributed by atoms with Crippen LogP contribution >= 0.6 is 11.8 Å². The quantitative estimate of drug-likeness (QED) is 0.453. The molecule has 2 unspecified atom stereocenters. The maximum absolute atomic E-state index is 5.01. The lowest BCUT2D eigenvalue weighted by Crippen LogP contribution is -2.16. The van der Waals surface area contributed by atoms with Crippen LogP contribution in [0.15, 0.2) is 23.2 Å². The van der Waals surface area contributed by atoms with Gasteiger partial charge in [0.2, 0.25) is 0 Å². The molecule has 1 saturated carbocycles. The summed E-state index contributed by atoms with van der Waals surface area (Å²) in [5, 5.41) is 4.82. The molecule has 1 aliphatic rings. The van der Waals surface area contributed by atoms with Gasteiger partial charge < -0.3 is 5.32 Å². The van der Waals surface area contributed by atoms with Crippen LogP contribution in [0.3, 0.4) is 0 Å². The molecule has 24 heavy (non-hydrogen) atoms. The van der Waals surface area contributed by atoms with Gasteiger partial charge in [0.25, 0.3) is 0 Å². The Labute approximate surface area is 152 Å². The van der Waals surface area contributed by atoms with E-state index in [2.05, 4.69) is 57.5 Å². The molecular formula is C21H34N2S. The molecule has 0 bridgehead atoms. The van der Waals surface area contributed by atoms with Crippen LogP contribution in [0.5, 0.6) is 0 Å². The number of benzene rings is 1. The fourth-order valence-corrected chi connectivity index (χ4v) is 3.90. The summed E-state index contributed by atoms with van der Waals surface area (Å²) in [6, 6.07) is 7.31. The predicted octanol–water partition coefficient (Wildman–Crippen LogP) is 6.79. The number of rotatable bonds is 6. The van der Waals surface area contributed by atoms with Crippen molar-refractivity contribution < 1.29 is 0 Å². The summed E-state index contributed by atoms with van der Waals surface area (Å²) in [6.07, 6.45) is 9.61. The number of nitrogens with one attached hydrogen (secondary N) is 1. The molecule has 2 rings (SSSR count). The van der Waals surface area contributed by atoms with Crippen molar-refractivity contribution >= 4 is 22.6 Å². The Hall–Kier alpha value is -0.960. The van der Waals surface area contributed by atoms with Crippen LogP contribution in [0.25, 0.3) is 0 Å². The van der Waals surface area contributed by atoms with Gasteiger partial charge in [-0.15, -0.1) is 0 Å². The molecule has 0 radical (unpaired) electrons. The van der Waals surface area contributed by atoms with E-state index in [4.69, 9.17) is 4.99 Å². The topological polar surface area (TPSA) is 24.4 Å². The van der Waals surface area contributed by atoms with E-state index < -0.39 is 0 Å². The molecule has 1 aromatic rings. The van der Waals surface area contributed by atoms with Gasteiger partial charge >= 0.3 is 0 Å². The molecule has 0 aromatic heterocycles. The summed E-state index contributed by atoms with van der Waals surface area (Å²) in [5.41, 5.74) is 4.18. The third kappa shape index (κ3) is 4.78. The Bertz CT molecular complexity index is 519. The normalized spacial score (nSPS) is 18.6. The van der Waals surface area contributed by atoms with Crippen LogP contribution in [0.2, 0.25) is 0 Å². The Morgan fingerprint density at radius 1 is 1.12 bits per heavy atom. The molecule has 0 spiro atoms. The standard InChI is InChI=1S/C21H34N2S/c1-6-15(3)18-13-10-14-19(16(4)7-2)20(18)23-21(24-5)22-17-11-8-9-12-17/h10,13-17H,6-9,11-12H2,1-5H3,(H,22,23). The fourth-order valence-electron chi connectivity index (χ4n) is 3.44. The lowest BCUT2D eigenvalue weighted by molar-refractivity contribution is 0.707. The summed E-state index contributed by atoms with van der Waals surface area (Å²) in [7, 11) is 0. The highest BCUT2D eigenvalue weighted by Crippen LogP contribution is 2.35. The summed E-state index contributed by atoms with van der Waals surface area (Å²) in [6.45, 7) is 9.19. The highest BCUT2D eigenvalue weighted by molar-refractivity contribution is 8.13. The van der Waals surface area contributed by atoms with Crippen LogP contribution in [0.1, 0.15) is 89.2 Å². The molecule has 3 heteroatoms. The number of nitrogens with zero attached hydrogens (tertiary/aromatic N) is 1. The maximum Gasteiger partial charge on any atom is 0.161 e. The molecule has 1 N–H and O–H groups in total. The minimum absolute atomic E-state index is 0.516. The van der Waals surface area contributed by atoms with Gasteiger partial charge in [0.05, 0.1) is 6.04 Å². The Morgan fingerprint density at radius 2 is 1.67 bits per heavy atom. The zero-order valence-corrected chi connectivity index (χ0v) is 16.9. The van der Waals surface area contributed by atoms with Gasteiger partial charge in [-0.2, -0.15) is 0 Å². The molecule has 2 atom stereocenters. The van der Waals surface area contributed by atoms with Gasteiger partial charge in [-0.1, -0.05) is 70.5 Å². The zero-order chi connectivity index (χ0) is 17.5. The van der Waals surface area contributed by atoms with Crippen molar-refractivity contribution in [3.8, 4) is 0 Å².